The normalized spacial score (nSPS) is 20.8. The van der Waals surface area contributed by atoms with Crippen molar-refractivity contribution in [3.63, 3.8) is 0 Å². The Balaban J connectivity index is 1.50. The van der Waals surface area contributed by atoms with Crippen LogP contribution in [0.1, 0.15) is 17.5 Å². The maximum atomic E-state index is 14.8. The predicted molar refractivity (Wildman–Crippen MR) is 129 cm³/mol. The molecule has 2 aromatic carbocycles. The Kier molecular flexibility index (Phi) is 7.31. The zero-order chi connectivity index (χ0) is 23.5. The molecule has 0 aliphatic carbocycles. The van der Waals surface area contributed by atoms with E-state index in [1.165, 1.54) is 11.0 Å². The molecule has 0 saturated carbocycles. The molecule has 1 saturated heterocycles. The van der Waals surface area contributed by atoms with Crippen LogP contribution in [0.25, 0.3) is 0 Å². The van der Waals surface area contributed by atoms with Crippen LogP contribution in [0.2, 0.25) is 0 Å². The van der Waals surface area contributed by atoms with Gasteiger partial charge in [-0.2, -0.15) is 0 Å². The molecule has 1 fully saturated rings. The second-order valence-corrected chi connectivity index (χ2v) is 9.51. The van der Waals surface area contributed by atoms with Crippen molar-refractivity contribution in [1.82, 2.24) is 9.80 Å². The lowest BCUT2D eigenvalue weighted by molar-refractivity contribution is -0.119. The molecule has 0 unspecified atom stereocenters. The summed E-state index contributed by atoms with van der Waals surface area (Å²) in [7, 11) is 3.60. The second-order valence-electron chi connectivity index (χ2n) is 8.59. The number of methoxy groups -OCH3 is 1. The summed E-state index contributed by atoms with van der Waals surface area (Å²) in [4.78, 5) is 29.8. The number of likely N-dealkylation sites (N-methyl/N-ethyl adjacent to an activating group) is 1. The van der Waals surface area contributed by atoms with Crippen LogP contribution in [-0.2, 0) is 22.4 Å². The number of carbonyl (C=O) groups excluding carboxylic acids is 2. The SMILES string of the molecule is CO[C@@H]1C[C@H](C(=O)Nc2cc3c(cc2F)CCN(C)CC3)N(C(=O)Nc2ccc(Br)cc2)C1. The first-order chi connectivity index (χ1) is 15.8. The number of nitrogens with zero attached hydrogens (tertiary/aromatic N) is 2. The van der Waals surface area contributed by atoms with E-state index in [1.807, 2.05) is 19.2 Å². The van der Waals surface area contributed by atoms with Crippen molar-refractivity contribution in [3.8, 4) is 0 Å². The largest absolute Gasteiger partial charge is 0.380 e. The Labute approximate surface area is 201 Å². The van der Waals surface area contributed by atoms with Crippen LogP contribution in [0, 0.1) is 5.82 Å². The van der Waals surface area contributed by atoms with Crippen LogP contribution < -0.4 is 10.6 Å². The van der Waals surface area contributed by atoms with Gasteiger partial charge in [-0.25, -0.2) is 9.18 Å². The highest BCUT2D eigenvalue weighted by Gasteiger charge is 2.40. The van der Waals surface area contributed by atoms with E-state index >= 15 is 0 Å². The number of nitrogens with one attached hydrogen (secondary N) is 2. The molecule has 0 radical (unpaired) electrons. The van der Waals surface area contributed by atoms with Crippen LogP contribution in [-0.4, -0.2) is 67.7 Å². The average molecular weight is 519 g/mol. The molecule has 9 heteroatoms. The summed E-state index contributed by atoms with van der Waals surface area (Å²) in [5.74, 6) is -0.885. The Hall–Kier alpha value is -2.49. The van der Waals surface area contributed by atoms with Crippen LogP contribution in [0.15, 0.2) is 40.9 Å². The topological polar surface area (TPSA) is 73.9 Å². The van der Waals surface area contributed by atoms with Crippen molar-refractivity contribution in [2.75, 3.05) is 44.4 Å². The minimum Gasteiger partial charge on any atom is -0.380 e. The Morgan fingerprint density at radius 1 is 1.09 bits per heavy atom. The molecule has 3 amide bonds. The zero-order valence-corrected chi connectivity index (χ0v) is 20.3. The van der Waals surface area contributed by atoms with Gasteiger partial charge in [0.25, 0.3) is 0 Å². The maximum Gasteiger partial charge on any atom is 0.322 e. The Bertz CT molecular complexity index is 1030. The third-order valence-electron chi connectivity index (χ3n) is 6.33. The summed E-state index contributed by atoms with van der Waals surface area (Å²) in [6.07, 6.45) is 1.64. The molecule has 2 N–H and O–H groups in total. The molecule has 4 rings (SSSR count). The first-order valence-corrected chi connectivity index (χ1v) is 11.8. The fraction of sp³-hybridized carbons (Fsp3) is 0.417. The molecule has 2 aliphatic rings. The number of rotatable bonds is 4. The summed E-state index contributed by atoms with van der Waals surface area (Å²) in [6.45, 7) is 2.03. The monoisotopic (exact) mass is 518 g/mol. The van der Waals surface area contributed by atoms with Crippen LogP contribution in [0.3, 0.4) is 0 Å². The highest BCUT2D eigenvalue weighted by molar-refractivity contribution is 9.10. The van der Waals surface area contributed by atoms with Gasteiger partial charge in [0.05, 0.1) is 11.8 Å². The number of ether oxygens (including phenoxy) is 1. The molecule has 0 bridgehead atoms. The van der Waals surface area contributed by atoms with E-state index in [-0.39, 0.29) is 18.3 Å². The van der Waals surface area contributed by atoms with Crippen LogP contribution in [0.4, 0.5) is 20.6 Å². The van der Waals surface area contributed by atoms with Crippen LogP contribution in [0.5, 0.6) is 0 Å². The van der Waals surface area contributed by atoms with E-state index in [0.29, 0.717) is 12.1 Å². The van der Waals surface area contributed by atoms with E-state index in [4.69, 9.17) is 4.74 Å². The fourth-order valence-corrected chi connectivity index (χ4v) is 4.61. The smallest absolute Gasteiger partial charge is 0.322 e. The number of carbonyl (C=O) groups is 2. The Morgan fingerprint density at radius 2 is 1.76 bits per heavy atom. The van der Waals surface area contributed by atoms with Gasteiger partial charge in [-0.15, -0.1) is 0 Å². The number of benzene rings is 2. The van der Waals surface area contributed by atoms with Gasteiger partial charge < -0.3 is 25.2 Å². The van der Waals surface area contributed by atoms with Gasteiger partial charge in [-0.05, 0) is 67.4 Å². The number of fused-ring (bicyclic) bond motifs is 1. The van der Waals surface area contributed by atoms with Crippen molar-refractivity contribution in [1.29, 1.82) is 0 Å². The van der Waals surface area contributed by atoms with Crippen molar-refractivity contribution in [2.45, 2.75) is 31.4 Å². The quantitative estimate of drug-likeness (QED) is 0.644. The van der Waals surface area contributed by atoms with Crippen molar-refractivity contribution in [2.24, 2.45) is 0 Å². The van der Waals surface area contributed by atoms with Gasteiger partial charge in [-0.1, -0.05) is 15.9 Å². The third-order valence-corrected chi connectivity index (χ3v) is 6.86. The molecule has 2 aromatic rings. The molecule has 2 heterocycles. The van der Waals surface area contributed by atoms with Gasteiger partial charge in [0.1, 0.15) is 11.9 Å². The number of halogens is 2. The first kappa shape index (κ1) is 23.7. The molecule has 0 spiro atoms. The van der Waals surface area contributed by atoms with E-state index in [1.54, 1.807) is 25.3 Å². The molecule has 7 nitrogen and oxygen atoms in total. The Morgan fingerprint density at radius 3 is 2.42 bits per heavy atom. The van der Waals surface area contributed by atoms with Gasteiger partial charge >= 0.3 is 6.03 Å². The third kappa shape index (κ3) is 5.54. The maximum absolute atomic E-state index is 14.8. The highest BCUT2D eigenvalue weighted by Crippen LogP contribution is 2.27. The molecule has 33 heavy (non-hydrogen) atoms. The van der Waals surface area contributed by atoms with E-state index in [9.17, 15) is 14.0 Å². The number of amides is 3. The van der Waals surface area contributed by atoms with Gasteiger partial charge in [0, 0.05) is 43.3 Å². The molecular weight excluding hydrogens is 491 g/mol. The number of urea groups is 1. The lowest BCUT2D eigenvalue weighted by Crippen LogP contribution is -2.45. The van der Waals surface area contributed by atoms with Crippen LogP contribution >= 0.6 is 15.9 Å². The van der Waals surface area contributed by atoms with Gasteiger partial charge in [-0.3, -0.25) is 4.79 Å². The van der Waals surface area contributed by atoms with Crippen molar-refractivity contribution < 1.29 is 18.7 Å². The predicted octanol–water partition coefficient (Wildman–Crippen LogP) is 3.88. The zero-order valence-electron chi connectivity index (χ0n) is 18.7. The number of hydrogen-bond acceptors (Lipinski definition) is 4. The van der Waals surface area contributed by atoms with Crippen molar-refractivity contribution >= 4 is 39.2 Å². The summed E-state index contributed by atoms with van der Waals surface area (Å²) in [6, 6.07) is 9.26. The minimum absolute atomic E-state index is 0.150. The minimum atomic E-state index is -0.769. The first-order valence-electron chi connectivity index (χ1n) is 11.0. The highest BCUT2D eigenvalue weighted by atomic mass is 79.9. The number of hydrogen-bond donors (Lipinski definition) is 2. The summed E-state index contributed by atoms with van der Waals surface area (Å²) < 4.78 is 21.1. The van der Waals surface area contributed by atoms with E-state index in [0.717, 1.165) is 41.5 Å². The summed E-state index contributed by atoms with van der Waals surface area (Å²) in [5.41, 5.74) is 2.79. The summed E-state index contributed by atoms with van der Waals surface area (Å²) >= 11 is 3.37. The van der Waals surface area contributed by atoms with E-state index in [2.05, 4.69) is 31.5 Å². The fourth-order valence-electron chi connectivity index (χ4n) is 4.34. The molecule has 2 aliphatic heterocycles. The van der Waals surface area contributed by atoms with Crippen molar-refractivity contribution in [3.05, 3.63) is 57.8 Å². The molecule has 2 atom stereocenters. The van der Waals surface area contributed by atoms with Gasteiger partial charge in [0.15, 0.2) is 0 Å². The number of anilines is 2. The van der Waals surface area contributed by atoms with Gasteiger partial charge in [0.2, 0.25) is 5.91 Å². The molecular formula is C24H28BrFN4O3. The standard InChI is InChI=1S/C24H28BrFN4O3/c1-29-9-7-15-11-20(26)21(12-16(15)8-10-29)28-23(31)22-13-19(33-2)14-30(22)24(32)27-18-5-3-17(25)4-6-18/h3-6,11-12,19,22H,7-10,13-14H2,1-2H3,(H,27,32)(H,28,31)/t19-,22-/m1/s1. The lowest BCUT2D eigenvalue weighted by atomic mass is 10.0. The average Bonchev–Trinajstić information content (AvgIpc) is 3.16. The van der Waals surface area contributed by atoms with E-state index < -0.39 is 23.8 Å². The second kappa shape index (κ2) is 10.2. The summed E-state index contributed by atoms with van der Waals surface area (Å²) in [5, 5.41) is 5.54. The number of likely N-dealkylation sites (tertiary alicyclic amines) is 1. The molecule has 176 valence electrons. The molecule has 0 aromatic heterocycles. The lowest BCUT2D eigenvalue weighted by Gasteiger charge is -2.24.